The van der Waals surface area contributed by atoms with Crippen molar-refractivity contribution in [3.63, 3.8) is 0 Å². The molecule has 2 nitrogen and oxygen atoms in total. The average Bonchev–Trinajstić information content (AvgIpc) is 2.53. The molecule has 2 aromatic rings. The Hall–Kier alpha value is -1.26. The van der Waals surface area contributed by atoms with Gasteiger partial charge in [0.15, 0.2) is 11.6 Å². The Balaban J connectivity index is 2.23. The van der Waals surface area contributed by atoms with Gasteiger partial charge in [0.1, 0.15) is 0 Å². The highest BCUT2D eigenvalue weighted by atomic mass is 79.9. The third-order valence-electron chi connectivity index (χ3n) is 2.99. The van der Waals surface area contributed by atoms with Crippen molar-refractivity contribution in [2.45, 2.75) is 0 Å². The van der Waals surface area contributed by atoms with Gasteiger partial charge in [0.25, 0.3) is 0 Å². The van der Waals surface area contributed by atoms with Crippen LogP contribution in [0.5, 0.6) is 0 Å². The minimum Gasteiger partial charge on any atom is -0.293 e. The summed E-state index contributed by atoms with van der Waals surface area (Å²) in [4.78, 5) is 23.1. The number of halogens is 2. The van der Waals surface area contributed by atoms with Crippen molar-refractivity contribution in [1.29, 1.82) is 0 Å². The van der Waals surface area contributed by atoms with Crippen molar-refractivity contribution in [1.82, 2.24) is 0 Å². The third-order valence-corrected chi connectivity index (χ3v) is 4.01. The van der Waals surface area contributed by atoms with Crippen LogP contribution in [-0.2, 0) is 0 Å². The van der Waals surface area contributed by atoms with Crippen molar-refractivity contribution in [3.05, 3.63) is 59.7 Å². The van der Waals surface area contributed by atoms with Gasteiger partial charge in [-0.25, -0.2) is 0 Å². The first-order chi connectivity index (χ1) is 9.65. The van der Waals surface area contributed by atoms with Gasteiger partial charge in [0, 0.05) is 11.1 Å². The summed E-state index contributed by atoms with van der Waals surface area (Å²) in [6.07, 6.45) is 0. The number of alkyl halides is 2. The van der Waals surface area contributed by atoms with E-state index in [1.165, 1.54) is 0 Å². The highest BCUT2D eigenvalue weighted by molar-refractivity contribution is 9.09. The molecule has 0 aliphatic rings. The largest absolute Gasteiger partial charge is 0.293 e. The molecule has 0 saturated carbocycles. The van der Waals surface area contributed by atoms with Gasteiger partial charge in [-0.1, -0.05) is 80.4 Å². The molecule has 0 atom stereocenters. The lowest BCUT2D eigenvalue weighted by molar-refractivity contribution is 0.101. The van der Waals surface area contributed by atoms with Gasteiger partial charge >= 0.3 is 0 Å². The van der Waals surface area contributed by atoms with Crippen LogP contribution >= 0.6 is 31.9 Å². The number of hydrogen-bond acceptors (Lipinski definition) is 2. The van der Waals surface area contributed by atoms with Crippen LogP contribution in [0.2, 0.25) is 0 Å². The summed E-state index contributed by atoms with van der Waals surface area (Å²) in [7, 11) is 0. The van der Waals surface area contributed by atoms with Crippen LogP contribution in [0.25, 0.3) is 11.1 Å². The zero-order chi connectivity index (χ0) is 14.5. The molecule has 0 aliphatic carbocycles. The minimum atomic E-state index is 0.0646. The van der Waals surface area contributed by atoms with Gasteiger partial charge in [-0.05, 0) is 11.1 Å². The maximum atomic E-state index is 11.5. The molecule has 0 aromatic heterocycles. The van der Waals surface area contributed by atoms with Crippen LogP contribution in [0.15, 0.2) is 48.5 Å². The lowest BCUT2D eigenvalue weighted by Gasteiger charge is -2.04. The topological polar surface area (TPSA) is 34.1 Å². The van der Waals surface area contributed by atoms with E-state index in [0.29, 0.717) is 21.8 Å². The molecule has 4 heteroatoms. The molecular weight excluding hydrogens is 384 g/mol. The zero-order valence-electron chi connectivity index (χ0n) is 10.6. The van der Waals surface area contributed by atoms with Crippen molar-refractivity contribution in [2.75, 3.05) is 10.7 Å². The van der Waals surface area contributed by atoms with E-state index in [2.05, 4.69) is 31.9 Å². The fourth-order valence-corrected chi connectivity index (χ4v) is 2.50. The molecule has 0 heterocycles. The summed E-state index contributed by atoms with van der Waals surface area (Å²) in [5.74, 6) is 0.129. The number of benzene rings is 2. The third kappa shape index (κ3) is 3.44. The second kappa shape index (κ2) is 6.95. The van der Waals surface area contributed by atoms with E-state index < -0.39 is 0 Å². The van der Waals surface area contributed by atoms with Crippen LogP contribution in [0.3, 0.4) is 0 Å². The first-order valence-corrected chi connectivity index (χ1v) is 8.29. The summed E-state index contributed by atoms with van der Waals surface area (Å²) < 4.78 is 0. The van der Waals surface area contributed by atoms with Crippen LogP contribution in [-0.4, -0.2) is 22.2 Å². The van der Waals surface area contributed by atoms with Crippen LogP contribution in [0.4, 0.5) is 0 Å². The highest BCUT2D eigenvalue weighted by Gasteiger charge is 2.06. The quantitative estimate of drug-likeness (QED) is 0.551. The van der Waals surface area contributed by atoms with E-state index in [1.807, 2.05) is 48.5 Å². The maximum Gasteiger partial charge on any atom is 0.173 e. The highest BCUT2D eigenvalue weighted by Crippen LogP contribution is 2.21. The van der Waals surface area contributed by atoms with Gasteiger partial charge in [-0.3, -0.25) is 9.59 Å². The molecule has 0 radical (unpaired) electrons. The molecule has 0 N–H and O–H groups in total. The van der Waals surface area contributed by atoms with Gasteiger partial charge in [-0.15, -0.1) is 0 Å². The molecular formula is C16H12Br2O2. The van der Waals surface area contributed by atoms with Crippen molar-refractivity contribution >= 4 is 43.4 Å². The molecule has 0 fully saturated rings. The fraction of sp³-hybridized carbons (Fsp3) is 0.125. The first-order valence-electron chi connectivity index (χ1n) is 6.04. The monoisotopic (exact) mass is 394 g/mol. The van der Waals surface area contributed by atoms with E-state index in [1.54, 1.807) is 0 Å². The van der Waals surface area contributed by atoms with E-state index in [9.17, 15) is 9.59 Å². The number of carbonyl (C=O) groups excluding carboxylic acids is 2. The molecule has 2 rings (SSSR count). The number of carbonyl (C=O) groups is 2. The summed E-state index contributed by atoms with van der Waals surface area (Å²) >= 11 is 6.32. The predicted octanol–water partition coefficient (Wildman–Crippen LogP) is 4.51. The molecule has 0 aliphatic heterocycles. The zero-order valence-corrected chi connectivity index (χ0v) is 13.8. The van der Waals surface area contributed by atoms with E-state index >= 15 is 0 Å². The van der Waals surface area contributed by atoms with Crippen LogP contribution in [0.1, 0.15) is 20.7 Å². The van der Waals surface area contributed by atoms with Gasteiger partial charge in [-0.2, -0.15) is 0 Å². The number of Topliss-reactive ketones (excluding diaryl/α,β-unsaturated/α-hetero) is 2. The molecule has 0 amide bonds. The number of hydrogen-bond donors (Lipinski definition) is 0. The Morgan fingerprint density at radius 3 is 1.20 bits per heavy atom. The van der Waals surface area contributed by atoms with Crippen LogP contribution in [0, 0.1) is 0 Å². The number of rotatable bonds is 5. The Morgan fingerprint density at radius 1 is 0.650 bits per heavy atom. The van der Waals surface area contributed by atoms with E-state index in [4.69, 9.17) is 0 Å². The summed E-state index contributed by atoms with van der Waals surface area (Å²) in [5.41, 5.74) is 3.43. The summed E-state index contributed by atoms with van der Waals surface area (Å²) in [6.45, 7) is 0. The lowest BCUT2D eigenvalue weighted by Crippen LogP contribution is -1.99. The average molecular weight is 396 g/mol. The molecule has 0 bridgehead atoms. The lowest BCUT2D eigenvalue weighted by atomic mass is 10.0. The molecule has 20 heavy (non-hydrogen) atoms. The summed E-state index contributed by atoms with van der Waals surface area (Å²) in [5, 5.41) is 0.658. The maximum absolute atomic E-state index is 11.5. The molecule has 0 spiro atoms. The molecule has 102 valence electrons. The second-order valence-electron chi connectivity index (χ2n) is 4.27. The van der Waals surface area contributed by atoms with Crippen LogP contribution < -0.4 is 0 Å². The first kappa shape index (κ1) is 15.1. The number of ketones is 2. The van der Waals surface area contributed by atoms with E-state index in [-0.39, 0.29) is 11.6 Å². The molecule has 2 aromatic carbocycles. The Kier molecular flexibility index (Phi) is 5.26. The van der Waals surface area contributed by atoms with Crippen molar-refractivity contribution in [3.8, 4) is 11.1 Å². The SMILES string of the molecule is O=C(CBr)c1ccc(-c2ccc(C(=O)CBr)cc2)cc1. The van der Waals surface area contributed by atoms with E-state index in [0.717, 1.165) is 11.1 Å². The minimum absolute atomic E-state index is 0.0646. The standard InChI is InChI=1S/C16H12Br2O2/c17-9-15(19)13-5-1-11(2-6-13)12-3-7-14(8-4-12)16(20)10-18/h1-8H,9-10H2. The fourth-order valence-electron chi connectivity index (χ4n) is 1.85. The normalized spacial score (nSPS) is 10.3. The molecule has 0 saturated heterocycles. The summed E-state index contributed by atoms with van der Waals surface area (Å²) in [6, 6.07) is 14.9. The van der Waals surface area contributed by atoms with Crippen molar-refractivity contribution in [2.24, 2.45) is 0 Å². The van der Waals surface area contributed by atoms with Gasteiger partial charge < -0.3 is 0 Å². The van der Waals surface area contributed by atoms with Crippen molar-refractivity contribution < 1.29 is 9.59 Å². The van der Waals surface area contributed by atoms with Gasteiger partial charge in [0.2, 0.25) is 0 Å². The second-order valence-corrected chi connectivity index (χ2v) is 5.39. The Morgan fingerprint density at radius 2 is 0.950 bits per heavy atom. The molecule has 0 unspecified atom stereocenters. The van der Waals surface area contributed by atoms with Gasteiger partial charge in [0.05, 0.1) is 10.7 Å². The Bertz CT molecular complexity index is 558. The predicted molar refractivity (Wildman–Crippen MR) is 88.1 cm³/mol. The smallest absolute Gasteiger partial charge is 0.173 e. The Labute approximate surface area is 134 Å².